The topological polar surface area (TPSA) is 50.4 Å². The SMILES string of the molecule is CCCNCC(C)(C)CNC(=O)OC(C)(C)C. The van der Waals surface area contributed by atoms with Crippen molar-refractivity contribution in [3.8, 4) is 0 Å². The van der Waals surface area contributed by atoms with Gasteiger partial charge in [0.25, 0.3) is 0 Å². The van der Waals surface area contributed by atoms with Crippen LogP contribution < -0.4 is 10.6 Å². The number of ether oxygens (including phenoxy) is 1. The molecule has 4 nitrogen and oxygen atoms in total. The molecule has 0 radical (unpaired) electrons. The lowest BCUT2D eigenvalue weighted by Crippen LogP contribution is -2.42. The summed E-state index contributed by atoms with van der Waals surface area (Å²) < 4.78 is 5.19. The first kappa shape index (κ1) is 16.2. The lowest BCUT2D eigenvalue weighted by Gasteiger charge is -2.26. The van der Waals surface area contributed by atoms with Gasteiger partial charge in [-0.3, -0.25) is 0 Å². The lowest BCUT2D eigenvalue weighted by molar-refractivity contribution is 0.0506. The molecule has 17 heavy (non-hydrogen) atoms. The number of carbonyl (C=O) groups is 1. The van der Waals surface area contributed by atoms with E-state index < -0.39 is 5.60 Å². The van der Waals surface area contributed by atoms with E-state index in [0.717, 1.165) is 19.5 Å². The van der Waals surface area contributed by atoms with E-state index in [4.69, 9.17) is 4.74 Å². The minimum absolute atomic E-state index is 0.0338. The van der Waals surface area contributed by atoms with Gasteiger partial charge in [0.05, 0.1) is 0 Å². The highest BCUT2D eigenvalue weighted by Gasteiger charge is 2.21. The predicted molar refractivity (Wildman–Crippen MR) is 71.2 cm³/mol. The third kappa shape index (κ3) is 10.1. The van der Waals surface area contributed by atoms with Crippen molar-refractivity contribution < 1.29 is 9.53 Å². The van der Waals surface area contributed by atoms with Gasteiger partial charge in [0.2, 0.25) is 0 Å². The largest absolute Gasteiger partial charge is 0.444 e. The van der Waals surface area contributed by atoms with Crippen molar-refractivity contribution >= 4 is 6.09 Å². The molecule has 0 aromatic rings. The Morgan fingerprint density at radius 1 is 1.12 bits per heavy atom. The summed E-state index contributed by atoms with van der Waals surface area (Å²) in [6, 6.07) is 0. The second kappa shape index (κ2) is 6.84. The number of amides is 1. The van der Waals surface area contributed by atoms with Crippen molar-refractivity contribution in [3.05, 3.63) is 0 Å². The molecule has 0 aliphatic rings. The molecule has 0 aliphatic heterocycles. The molecule has 2 N–H and O–H groups in total. The van der Waals surface area contributed by atoms with Crippen LogP contribution in [0.15, 0.2) is 0 Å². The fourth-order valence-corrected chi connectivity index (χ4v) is 1.29. The molecule has 0 unspecified atom stereocenters. The number of hydrogen-bond donors (Lipinski definition) is 2. The summed E-state index contributed by atoms with van der Waals surface area (Å²) >= 11 is 0. The molecular weight excluding hydrogens is 216 g/mol. The van der Waals surface area contributed by atoms with Gasteiger partial charge in [-0.1, -0.05) is 20.8 Å². The highest BCUT2D eigenvalue weighted by Crippen LogP contribution is 2.12. The maximum absolute atomic E-state index is 11.5. The Morgan fingerprint density at radius 2 is 1.71 bits per heavy atom. The zero-order chi connectivity index (χ0) is 13.5. The minimum Gasteiger partial charge on any atom is -0.444 e. The monoisotopic (exact) mass is 244 g/mol. The zero-order valence-electron chi connectivity index (χ0n) is 12.1. The summed E-state index contributed by atoms with van der Waals surface area (Å²) in [5, 5.41) is 6.16. The highest BCUT2D eigenvalue weighted by molar-refractivity contribution is 5.67. The first-order chi connectivity index (χ1) is 7.66. The van der Waals surface area contributed by atoms with Gasteiger partial charge in [-0.05, 0) is 39.2 Å². The summed E-state index contributed by atoms with van der Waals surface area (Å²) in [6.07, 6.45) is 0.774. The molecule has 4 heteroatoms. The van der Waals surface area contributed by atoms with Crippen molar-refractivity contribution in [1.29, 1.82) is 0 Å². The van der Waals surface area contributed by atoms with Crippen LogP contribution in [0.3, 0.4) is 0 Å². The number of rotatable bonds is 6. The Morgan fingerprint density at radius 3 is 2.18 bits per heavy atom. The van der Waals surface area contributed by atoms with Gasteiger partial charge >= 0.3 is 6.09 Å². The van der Waals surface area contributed by atoms with Gasteiger partial charge in [-0.2, -0.15) is 0 Å². The van der Waals surface area contributed by atoms with Crippen LogP contribution in [0.4, 0.5) is 4.79 Å². The fourth-order valence-electron chi connectivity index (χ4n) is 1.29. The second-order valence-corrected chi connectivity index (χ2v) is 6.20. The summed E-state index contributed by atoms with van der Waals surface area (Å²) in [5.41, 5.74) is -0.402. The van der Waals surface area contributed by atoms with Crippen LogP contribution in [0.1, 0.15) is 48.0 Å². The number of carbonyl (C=O) groups excluding carboxylic acids is 1. The third-order valence-electron chi connectivity index (χ3n) is 2.14. The Kier molecular flexibility index (Phi) is 6.53. The summed E-state index contributed by atoms with van der Waals surface area (Å²) in [6.45, 7) is 14.5. The molecular formula is C13H28N2O2. The molecule has 102 valence electrons. The number of alkyl carbamates (subject to hydrolysis) is 1. The van der Waals surface area contributed by atoms with Crippen LogP contribution in [0.5, 0.6) is 0 Å². The average Bonchev–Trinajstić information content (AvgIpc) is 2.13. The maximum atomic E-state index is 11.5. The van der Waals surface area contributed by atoms with Crippen LogP contribution in [0.2, 0.25) is 0 Å². The molecule has 0 bridgehead atoms. The molecule has 0 spiro atoms. The van der Waals surface area contributed by atoms with Crippen LogP contribution in [0, 0.1) is 5.41 Å². The fraction of sp³-hybridized carbons (Fsp3) is 0.923. The molecule has 0 aromatic heterocycles. The molecule has 1 amide bonds. The van der Waals surface area contributed by atoms with E-state index in [9.17, 15) is 4.79 Å². The van der Waals surface area contributed by atoms with Gasteiger partial charge < -0.3 is 15.4 Å². The minimum atomic E-state index is -0.436. The van der Waals surface area contributed by atoms with Crippen molar-refractivity contribution in [2.45, 2.75) is 53.6 Å². The molecule has 0 rings (SSSR count). The van der Waals surface area contributed by atoms with Crippen molar-refractivity contribution in [2.24, 2.45) is 5.41 Å². The van der Waals surface area contributed by atoms with Crippen molar-refractivity contribution in [1.82, 2.24) is 10.6 Å². The molecule has 0 fully saturated rings. The molecule has 0 aromatic carbocycles. The molecule has 0 atom stereocenters. The summed E-state index contributed by atoms with van der Waals surface area (Å²) in [5.74, 6) is 0. The molecule has 0 saturated carbocycles. The van der Waals surface area contributed by atoms with Crippen LogP contribution >= 0.6 is 0 Å². The number of hydrogen-bond acceptors (Lipinski definition) is 3. The third-order valence-corrected chi connectivity index (χ3v) is 2.14. The second-order valence-electron chi connectivity index (χ2n) is 6.20. The van der Waals surface area contributed by atoms with E-state index in [-0.39, 0.29) is 11.5 Å². The van der Waals surface area contributed by atoms with E-state index >= 15 is 0 Å². The molecule has 0 saturated heterocycles. The normalized spacial score (nSPS) is 12.4. The summed E-state index contributed by atoms with van der Waals surface area (Å²) in [4.78, 5) is 11.5. The van der Waals surface area contributed by atoms with Gasteiger partial charge in [0, 0.05) is 13.1 Å². The van der Waals surface area contributed by atoms with Crippen molar-refractivity contribution in [3.63, 3.8) is 0 Å². The van der Waals surface area contributed by atoms with Crippen molar-refractivity contribution in [2.75, 3.05) is 19.6 Å². The van der Waals surface area contributed by atoms with Gasteiger partial charge in [0.1, 0.15) is 5.60 Å². The van der Waals surface area contributed by atoms with Crippen LogP contribution in [-0.4, -0.2) is 31.3 Å². The van der Waals surface area contributed by atoms with E-state index in [1.165, 1.54) is 0 Å². The van der Waals surface area contributed by atoms with Gasteiger partial charge in [-0.15, -0.1) is 0 Å². The van der Waals surface area contributed by atoms with Gasteiger partial charge in [0.15, 0.2) is 0 Å². The Balaban J connectivity index is 3.88. The number of nitrogens with one attached hydrogen (secondary N) is 2. The van der Waals surface area contributed by atoms with Crippen LogP contribution in [-0.2, 0) is 4.74 Å². The Hall–Kier alpha value is -0.770. The summed E-state index contributed by atoms with van der Waals surface area (Å²) in [7, 11) is 0. The Bertz CT molecular complexity index is 232. The maximum Gasteiger partial charge on any atom is 0.407 e. The first-order valence-corrected chi connectivity index (χ1v) is 6.34. The quantitative estimate of drug-likeness (QED) is 0.706. The van der Waals surface area contributed by atoms with Gasteiger partial charge in [-0.25, -0.2) is 4.79 Å². The highest BCUT2D eigenvalue weighted by atomic mass is 16.6. The zero-order valence-corrected chi connectivity index (χ0v) is 12.1. The average molecular weight is 244 g/mol. The standard InChI is InChI=1S/C13H28N2O2/c1-7-8-14-9-13(5,6)10-15-11(16)17-12(2,3)4/h14H,7-10H2,1-6H3,(H,15,16). The lowest BCUT2D eigenvalue weighted by atomic mass is 9.93. The predicted octanol–water partition coefficient (Wildman–Crippen LogP) is 2.54. The first-order valence-electron chi connectivity index (χ1n) is 6.34. The van der Waals surface area contributed by atoms with E-state index in [2.05, 4.69) is 31.4 Å². The van der Waals surface area contributed by atoms with Crippen LogP contribution in [0.25, 0.3) is 0 Å². The van der Waals surface area contributed by atoms with E-state index in [1.54, 1.807) is 0 Å². The molecule has 0 aliphatic carbocycles. The van der Waals surface area contributed by atoms with E-state index in [1.807, 2.05) is 20.8 Å². The smallest absolute Gasteiger partial charge is 0.407 e. The molecule has 0 heterocycles. The van der Waals surface area contributed by atoms with E-state index in [0.29, 0.717) is 6.54 Å². The Labute approximate surface area is 105 Å².